The molecule has 2 aromatic carbocycles. The molecule has 0 spiro atoms. The number of halogens is 1. The number of aryl methyl sites for hydroxylation is 1. The zero-order valence-electron chi connectivity index (χ0n) is 11.8. The summed E-state index contributed by atoms with van der Waals surface area (Å²) in [6.45, 7) is 1.63. The summed E-state index contributed by atoms with van der Waals surface area (Å²) in [4.78, 5) is 14.1. The van der Waals surface area contributed by atoms with E-state index >= 15 is 0 Å². The Balaban J connectivity index is 2.30. The van der Waals surface area contributed by atoms with Crippen LogP contribution in [0.25, 0.3) is 0 Å². The van der Waals surface area contributed by atoms with Gasteiger partial charge in [0.25, 0.3) is 5.91 Å². The number of amides is 1. The largest absolute Gasteiger partial charge is 0.389 e. The van der Waals surface area contributed by atoms with Crippen LogP contribution in [-0.4, -0.2) is 17.9 Å². The van der Waals surface area contributed by atoms with Crippen LogP contribution in [0.1, 0.15) is 21.5 Å². The third-order valence-electron chi connectivity index (χ3n) is 3.27. The molecule has 1 amide bonds. The van der Waals surface area contributed by atoms with Gasteiger partial charge in [-0.1, -0.05) is 24.4 Å². The Hall–Kier alpha value is -2.27. The highest BCUT2D eigenvalue weighted by Gasteiger charge is 2.18. The number of nitrogens with two attached hydrogens (primary N) is 1. The number of rotatable bonds is 3. The van der Waals surface area contributed by atoms with E-state index in [-0.39, 0.29) is 5.56 Å². The Bertz CT molecular complexity index is 698. The van der Waals surface area contributed by atoms with Crippen LogP contribution < -0.4 is 10.6 Å². The van der Waals surface area contributed by atoms with Crippen molar-refractivity contribution in [3.63, 3.8) is 0 Å². The quantitative estimate of drug-likeness (QED) is 0.886. The average Bonchev–Trinajstić information content (AvgIpc) is 2.48. The minimum Gasteiger partial charge on any atom is -0.389 e. The zero-order valence-corrected chi connectivity index (χ0v) is 12.6. The Kier molecular flexibility index (Phi) is 4.33. The molecule has 0 saturated heterocycles. The van der Waals surface area contributed by atoms with E-state index < -0.39 is 11.7 Å². The summed E-state index contributed by atoms with van der Waals surface area (Å²) in [5, 5.41) is 0. The second-order valence-electron chi connectivity index (χ2n) is 4.71. The molecule has 0 heterocycles. The molecule has 108 valence electrons. The summed E-state index contributed by atoms with van der Waals surface area (Å²) >= 11 is 4.88. The summed E-state index contributed by atoms with van der Waals surface area (Å²) in [5.74, 6) is -0.895. The molecule has 0 unspecified atom stereocenters. The van der Waals surface area contributed by atoms with Gasteiger partial charge in [-0.3, -0.25) is 4.79 Å². The summed E-state index contributed by atoms with van der Waals surface area (Å²) in [6, 6.07) is 11.7. The Morgan fingerprint density at radius 3 is 2.38 bits per heavy atom. The number of benzene rings is 2. The molecule has 0 atom stereocenters. The predicted molar refractivity (Wildman–Crippen MR) is 86.2 cm³/mol. The van der Waals surface area contributed by atoms with Crippen molar-refractivity contribution in [3.8, 4) is 0 Å². The lowest BCUT2D eigenvalue weighted by Gasteiger charge is -2.18. The van der Waals surface area contributed by atoms with Gasteiger partial charge in [0, 0.05) is 18.3 Å². The van der Waals surface area contributed by atoms with Gasteiger partial charge >= 0.3 is 0 Å². The van der Waals surface area contributed by atoms with Gasteiger partial charge in [-0.25, -0.2) is 4.39 Å². The summed E-state index contributed by atoms with van der Waals surface area (Å²) in [5.41, 5.74) is 7.38. The number of carbonyl (C=O) groups is 1. The predicted octanol–water partition coefficient (Wildman–Crippen LogP) is 3.04. The number of carbonyl (C=O) groups excluding carboxylic acids is 1. The number of hydrogen-bond donors (Lipinski definition) is 1. The van der Waals surface area contributed by atoms with Crippen LogP contribution in [0.3, 0.4) is 0 Å². The SMILES string of the molecule is Cc1cccc(C(=O)N(C)c2ccc(C(N)=S)cc2)c1F. The first-order valence-corrected chi connectivity index (χ1v) is 6.75. The molecule has 2 aromatic rings. The molecule has 0 saturated carbocycles. The topological polar surface area (TPSA) is 46.3 Å². The lowest BCUT2D eigenvalue weighted by Crippen LogP contribution is -2.27. The first-order valence-electron chi connectivity index (χ1n) is 6.35. The molecular formula is C16H15FN2OS. The van der Waals surface area contributed by atoms with Crippen LogP contribution in [0.4, 0.5) is 10.1 Å². The van der Waals surface area contributed by atoms with Crippen molar-refractivity contribution in [2.75, 3.05) is 11.9 Å². The van der Waals surface area contributed by atoms with Crippen LogP contribution in [0.15, 0.2) is 42.5 Å². The minimum absolute atomic E-state index is 0.0518. The van der Waals surface area contributed by atoms with E-state index in [2.05, 4.69) is 0 Å². The average molecular weight is 302 g/mol. The van der Waals surface area contributed by atoms with E-state index in [0.717, 1.165) is 5.56 Å². The standard InChI is InChI=1S/C16H15FN2OS/c1-10-4-3-5-13(14(10)17)16(20)19(2)12-8-6-11(7-9-12)15(18)21/h3-9H,1-2H3,(H2,18,21). The normalized spacial score (nSPS) is 10.2. The molecule has 0 aliphatic rings. The number of thiocarbonyl (C=S) groups is 1. The molecule has 2 rings (SSSR count). The van der Waals surface area contributed by atoms with E-state index in [0.29, 0.717) is 16.2 Å². The highest BCUT2D eigenvalue weighted by molar-refractivity contribution is 7.80. The molecule has 0 bridgehead atoms. The van der Waals surface area contributed by atoms with Crippen molar-refractivity contribution in [3.05, 3.63) is 65.0 Å². The van der Waals surface area contributed by atoms with Gasteiger partial charge in [-0.05, 0) is 42.8 Å². The van der Waals surface area contributed by atoms with Crippen molar-refractivity contribution >= 4 is 28.8 Å². The molecule has 3 nitrogen and oxygen atoms in total. The Morgan fingerprint density at radius 1 is 1.19 bits per heavy atom. The van der Waals surface area contributed by atoms with Crippen LogP contribution in [0.5, 0.6) is 0 Å². The molecule has 2 N–H and O–H groups in total. The van der Waals surface area contributed by atoms with Crippen molar-refractivity contribution in [1.82, 2.24) is 0 Å². The van der Waals surface area contributed by atoms with E-state index in [1.807, 2.05) is 0 Å². The van der Waals surface area contributed by atoms with Crippen molar-refractivity contribution < 1.29 is 9.18 Å². The van der Waals surface area contributed by atoms with Gasteiger partial charge in [0.2, 0.25) is 0 Å². The maximum atomic E-state index is 14.0. The zero-order chi connectivity index (χ0) is 15.6. The van der Waals surface area contributed by atoms with Gasteiger partial charge in [-0.2, -0.15) is 0 Å². The fraction of sp³-hybridized carbons (Fsp3) is 0.125. The molecule has 0 aromatic heterocycles. The highest BCUT2D eigenvalue weighted by atomic mass is 32.1. The number of nitrogens with zero attached hydrogens (tertiary/aromatic N) is 1. The van der Waals surface area contributed by atoms with Gasteiger partial charge < -0.3 is 10.6 Å². The van der Waals surface area contributed by atoms with Crippen molar-refractivity contribution in [2.24, 2.45) is 5.73 Å². The Morgan fingerprint density at radius 2 is 1.81 bits per heavy atom. The summed E-state index contributed by atoms with van der Waals surface area (Å²) < 4.78 is 14.0. The number of hydrogen-bond acceptors (Lipinski definition) is 2. The maximum Gasteiger partial charge on any atom is 0.260 e. The van der Waals surface area contributed by atoms with E-state index in [9.17, 15) is 9.18 Å². The summed E-state index contributed by atoms with van der Waals surface area (Å²) in [7, 11) is 1.60. The monoisotopic (exact) mass is 302 g/mol. The van der Waals surface area contributed by atoms with Crippen LogP contribution >= 0.6 is 12.2 Å². The lowest BCUT2D eigenvalue weighted by molar-refractivity contribution is 0.0989. The smallest absolute Gasteiger partial charge is 0.260 e. The third kappa shape index (κ3) is 3.08. The third-order valence-corrected chi connectivity index (χ3v) is 3.50. The van der Waals surface area contributed by atoms with Gasteiger partial charge in [0.05, 0.1) is 5.56 Å². The van der Waals surface area contributed by atoms with Crippen molar-refractivity contribution in [2.45, 2.75) is 6.92 Å². The second-order valence-corrected chi connectivity index (χ2v) is 5.15. The number of anilines is 1. The molecular weight excluding hydrogens is 287 g/mol. The maximum absolute atomic E-state index is 14.0. The second kappa shape index (κ2) is 6.01. The van der Waals surface area contributed by atoms with Crippen LogP contribution in [-0.2, 0) is 0 Å². The minimum atomic E-state index is -0.492. The molecule has 0 radical (unpaired) electrons. The van der Waals surface area contributed by atoms with Crippen molar-refractivity contribution in [1.29, 1.82) is 0 Å². The van der Waals surface area contributed by atoms with E-state index in [1.165, 1.54) is 11.0 Å². The highest BCUT2D eigenvalue weighted by Crippen LogP contribution is 2.19. The van der Waals surface area contributed by atoms with E-state index in [1.54, 1.807) is 50.4 Å². The molecule has 0 aliphatic carbocycles. The van der Waals surface area contributed by atoms with Gasteiger partial charge in [0.1, 0.15) is 10.8 Å². The first kappa shape index (κ1) is 15.1. The van der Waals surface area contributed by atoms with Crippen LogP contribution in [0.2, 0.25) is 0 Å². The lowest BCUT2D eigenvalue weighted by atomic mass is 10.1. The fourth-order valence-corrected chi connectivity index (χ4v) is 2.10. The van der Waals surface area contributed by atoms with Crippen LogP contribution in [0, 0.1) is 12.7 Å². The molecule has 0 fully saturated rings. The Labute approximate surface area is 128 Å². The molecule has 0 aliphatic heterocycles. The molecule has 21 heavy (non-hydrogen) atoms. The van der Waals surface area contributed by atoms with Gasteiger partial charge in [0.15, 0.2) is 0 Å². The first-order chi connectivity index (χ1) is 9.91. The summed E-state index contributed by atoms with van der Waals surface area (Å²) in [6.07, 6.45) is 0. The van der Waals surface area contributed by atoms with Gasteiger partial charge in [-0.15, -0.1) is 0 Å². The van der Waals surface area contributed by atoms with E-state index in [4.69, 9.17) is 18.0 Å². The fourth-order valence-electron chi connectivity index (χ4n) is 1.96. The molecule has 5 heteroatoms.